The SMILES string of the molecule is CC(C)CC(CNC(=O)CC(N)C(C)(C)C)N(C)C. The maximum atomic E-state index is 11.9. The first kappa shape index (κ1) is 18.4. The zero-order valence-corrected chi connectivity index (χ0v) is 13.8. The number of nitrogens with one attached hydrogen (secondary N) is 1. The lowest BCUT2D eigenvalue weighted by molar-refractivity contribution is -0.122. The van der Waals surface area contributed by atoms with Gasteiger partial charge in [0.15, 0.2) is 0 Å². The number of carbonyl (C=O) groups excluding carboxylic acids is 1. The molecule has 0 heterocycles. The van der Waals surface area contributed by atoms with Crippen molar-refractivity contribution in [2.24, 2.45) is 17.1 Å². The fraction of sp³-hybridized carbons (Fsp3) is 0.933. The summed E-state index contributed by atoms with van der Waals surface area (Å²) in [5.74, 6) is 0.680. The van der Waals surface area contributed by atoms with Crippen molar-refractivity contribution in [1.82, 2.24) is 10.2 Å². The smallest absolute Gasteiger partial charge is 0.221 e. The monoisotopic (exact) mass is 271 g/mol. The molecule has 3 N–H and O–H groups in total. The topological polar surface area (TPSA) is 58.4 Å². The van der Waals surface area contributed by atoms with E-state index in [0.717, 1.165) is 6.42 Å². The number of nitrogens with zero attached hydrogens (tertiary/aromatic N) is 1. The molecule has 0 saturated carbocycles. The van der Waals surface area contributed by atoms with Crippen molar-refractivity contribution in [1.29, 1.82) is 0 Å². The fourth-order valence-corrected chi connectivity index (χ4v) is 1.83. The highest BCUT2D eigenvalue weighted by Gasteiger charge is 2.23. The van der Waals surface area contributed by atoms with Crippen LogP contribution in [0.15, 0.2) is 0 Å². The molecule has 1 amide bonds. The third-order valence-corrected chi connectivity index (χ3v) is 3.53. The predicted molar refractivity (Wildman–Crippen MR) is 82.0 cm³/mol. The summed E-state index contributed by atoms with van der Waals surface area (Å²) in [6, 6.07) is 0.283. The van der Waals surface area contributed by atoms with Crippen LogP contribution in [-0.2, 0) is 4.79 Å². The zero-order valence-electron chi connectivity index (χ0n) is 13.8. The number of carbonyl (C=O) groups is 1. The van der Waals surface area contributed by atoms with Crippen LogP contribution in [0.25, 0.3) is 0 Å². The van der Waals surface area contributed by atoms with Gasteiger partial charge in [-0.3, -0.25) is 4.79 Å². The van der Waals surface area contributed by atoms with Gasteiger partial charge in [0, 0.05) is 25.0 Å². The Kier molecular flexibility index (Phi) is 7.60. The van der Waals surface area contributed by atoms with E-state index >= 15 is 0 Å². The average Bonchev–Trinajstić information content (AvgIpc) is 2.21. The normalized spacial score (nSPS) is 15.7. The lowest BCUT2D eigenvalue weighted by atomic mass is 9.85. The molecular weight excluding hydrogens is 238 g/mol. The fourth-order valence-electron chi connectivity index (χ4n) is 1.83. The van der Waals surface area contributed by atoms with Gasteiger partial charge in [-0.2, -0.15) is 0 Å². The Morgan fingerprint density at radius 1 is 1.26 bits per heavy atom. The van der Waals surface area contributed by atoms with Crippen LogP contribution in [0.1, 0.15) is 47.5 Å². The van der Waals surface area contributed by atoms with Crippen LogP contribution in [-0.4, -0.2) is 43.5 Å². The first-order valence-electron chi connectivity index (χ1n) is 7.22. The summed E-state index contributed by atoms with van der Waals surface area (Å²) >= 11 is 0. The largest absolute Gasteiger partial charge is 0.354 e. The number of nitrogens with two attached hydrogens (primary N) is 1. The van der Waals surface area contributed by atoms with E-state index in [1.165, 1.54) is 0 Å². The molecule has 0 aliphatic carbocycles. The molecule has 0 rings (SSSR count). The lowest BCUT2D eigenvalue weighted by Gasteiger charge is -2.28. The van der Waals surface area contributed by atoms with Gasteiger partial charge in [0.2, 0.25) is 5.91 Å². The average molecular weight is 271 g/mol. The second kappa shape index (κ2) is 7.85. The van der Waals surface area contributed by atoms with Gasteiger partial charge in [0.1, 0.15) is 0 Å². The summed E-state index contributed by atoms with van der Waals surface area (Å²) < 4.78 is 0. The highest BCUT2D eigenvalue weighted by molar-refractivity contribution is 5.76. The molecular formula is C15H33N3O. The minimum atomic E-state index is -0.101. The quantitative estimate of drug-likeness (QED) is 0.743. The molecule has 0 spiro atoms. The molecule has 2 unspecified atom stereocenters. The van der Waals surface area contributed by atoms with Crippen molar-refractivity contribution in [3.63, 3.8) is 0 Å². The van der Waals surface area contributed by atoms with Crippen LogP contribution < -0.4 is 11.1 Å². The van der Waals surface area contributed by atoms with Crippen LogP contribution in [0, 0.1) is 11.3 Å². The van der Waals surface area contributed by atoms with Gasteiger partial charge in [0.05, 0.1) is 0 Å². The molecule has 114 valence electrons. The molecule has 4 nitrogen and oxygen atoms in total. The molecule has 0 fully saturated rings. The molecule has 0 aliphatic rings. The zero-order chi connectivity index (χ0) is 15.2. The number of hydrogen-bond donors (Lipinski definition) is 2. The number of rotatable bonds is 7. The Balaban J connectivity index is 4.19. The summed E-state index contributed by atoms with van der Waals surface area (Å²) in [4.78, 5) is 14.1. The van der Waals surface area contributed by atoms with Crippen LogP contribution >= 0.6 is 0 Å². The summed E-state index contributed by atoms with van der Waals surface area (Å²) in [6.07, 6.45) is 1.48. The van der Waals surface area contributed by atoms with Crippen LogP contribution in [0.4, 0.5) is 0 Å². The number of hydrogen-bond acceptors (Lipinski definition) is 3. The van der Waals surface area contributed by atoms with Crippen molar-refractivity contribution >= 4 is 5.91 Å². The minimum absolute atomic E-state index is 0.0315. The van der Waals surface area contributed by atoms with Crippen molar-refractivity contribution < 1.29 is 4.79 Å². The van der Waals surface area contributed by atoms with Crippen LogP contribution in [0.2, 0.25) is 0 Å². The maximum Gasteiger partial charge on any atom is 0.221 e. The van der Waals surface area contributed by atoms with E-state index in [2.05, 4.69) is 58.9 Å². The van der Waals surface area contributed by atoms with Crippen molar-refractivity contribution in [3.05, 3.63) is 0 Å². The summed E-state index contributed by atoms with van der Waals surface area (Å²) in [5, 5.41) is 3.01. The van der Waals surface area contributed by atoms with Crippen LogP contribution in [0.5, 0.6) is 0 Å². The molecule has 0 radical (unpaired) electrons. The predicted octanol–water partition coefficient (Wildman–Crippen LogP) is 1.84. The van der Waals surface area contributed by atoms with Gasteiger partial charge >= 0.3 is 0 Å². The molecule has 0 saturated heterocycles. The Bertz CT molecular complexity index is 269. The molecule has 19 heavy (non-hydrogen) atoms. The number of amides is 1. The third kappa shape index (κ3) is 8.22. The van der Waals surface area contributed by atoms with E-state index < -0.39 is 0 Å². The highest BCUT2D eigenvalue weighted by Crippen LogP contribution is 2.19. The second-order valence-corrected chi connectivity index (χ2v) is 7.23. The van der Waals surface area contributed by atoms with E-state index in [1.54, 1.807) is 0 Å². The Morgan fingerprint density at radius 2 is 1.79 bits per heavy atom. The second-order valence-electron chi connectivity index (χ2n) is 7.23. The Labute approximate surface area is 119 Å². The lowest BCUT2D eigenvalue weighted by Crippen LogP contribution is -2.44. The Hall–Kier alpha value is -0.610. The summed E-state index contributed by atoms with van der Waals surface area (Å²) in [5.41, 5.74) is 6.00. The Morgan fingerprint density at radius 3 is 2.16 bits per heavy atom. The van der Waals surface area contributed by atoms with Crippen molar-refractivity contribution in [2.45, 2.75) is 59.5 Å². The molecule has 0 aromatic rings. The summed E-state index contributed by atoms with van der Waals surface area (Å²) in [6.45, 7) is 11.3. The van der Waals surface area contributed by atoms with E-state index in [4.69, 9.17) is 5.73 Å². The van der Waals surface area contributed by atoms with Crippen molar-refractivity contribution in [2.75, 3.05) is 20.6 Å². The van der Waals surface area contributed by atoms with E-state index in [9.17, 15) is 4.79 Å². The molecule has 0 aromatic heterocycles. The van der Waals surface area contributed by atoms with Gasteiger partial charge in [0.25, 0.3) is 0 Å². The molecule has 0 aliphatic heterocycles. The van der Waals surface area contributed by atoms with Gasteiger partial charge < -0.3 is 16.0 Å². The molecule has 0 bridgehead atoms. The van der Waals surface area contributed by atoms with E-state index in [-0.39, 0.29) is 17.4 Å². The molecule has 0 aromatic carbocycles. The maximum absolute atomic E-state index is 11.9. The van der Waals surface area contributed by atoms with Gasteiger partial charge in [-0.25, -0.2) is 0 Å². The van der Waals surface area contributed by atoms with E-state index in [0.29, 0.717) is 24.9 Å². The van der Waals surface area contributed by atoms with Gasteiger partial charge in [-0.15, -0.1) is 0 Å². The van der Waals surface area contributed by atoms with Gasteiger partial charge in [-0.1, -0.05) is 34.6 Å². The van der Waals surface area contributed by atoms with Gasteiger partial charge in [-0.05, 0) is 31.8 Å². The minimum Gasteiger partial charge on any atom is -0.354 e. The molecule has 2 atom stereocenters. The van der Waals surface area contributed by atoms with Crippen molar-refractivity contribution in [3.8, 4) is 0 Å². The number of likely N-dealkylation sites (N-methyl/N-ethyl adjacent to an activating group) is 1. The first-order chi connectivity index (χ1) is 8.54. The first-order valence-corrected chi connectivity index (χ1v) is 7.22. The standard InChI is InChI=1S/C15H33N3O/c1-11(2)8-12(18(6)7)10-17-14(19)9-13(16)15(3,4)5/h11-13H,8-10,16H2,1-7H3,(H,17,19). The molecule has 4 heteroatoms. The van der Waals surface area contributed by atoms with E-state index in [1.807, 2.05) is 0 Å². The summed E-state index contributed by atoms with van der Waals surface area (Å²) in [7, 11) is 4.11. The van der Waals surface area contributed by atoms with Crippen LogP contribution in [0.3, 0.4) is 0 Å². The third-order valence-electron chi connectivity index (χ3n) is 3.53. The highest BCUT2D eigenvalue weighted by atomic mass is 16.1.